The zero-order valence-corrected chi connectivity index (χ0v) is 17.6. The summed E-state index contributed by atoms with van der Waals surface area (Å²) in [6, 6.07) is 11.6. The van der Waals surface area contributed by atoms with Crippen molar-refractivity contribution in [2.24, 2.45) is 5.92 Å². The molecule has 2 rings (SSSR count). The van der Waals surface area contributed by atoms with E-state index in [1.54, 1.807) is 30.3 Å². The fourth-order valence-corrected chi connectivity index (χ4v) is 2.88. The molecule has 0 spiro atoms. The highest BCUT2D eigenvalue weighted by atomic mass is 16.7. The third kappa shape index (κ3) is 5.17. The number of ketones is 3. The monoisotopic (exact) mass is 440 g/mol. The molecule has 0 aliphatic heterocycles. The van der Waals surface area contributed by atoms with E-state index in [0.717, 1.165) is 6.07 Å². The van der Waals surface area contributed by atoms with Gasteiger partial charge in [0.25, 0.3) is 6.29 Å². The first-order valence-corrected chi connectivity index (χ1v) is 9.49. The molecule has 32 heavy (non-hydrogen) atoms. The summed E-state index contributed by atoms with van der Waals surface area (Å²) in [6.45, 7) is 9.33. The topological polar surface area (TPSA) is 141 Å². The minimum atomic E-state index is -3.35. The van der Waals surface area contributed by atoms with Crippen LogP contribution in [-0.4, -0.2) is 49.9 Å². The zero-order chi connectivity index (χ0) is 24.2. The molecule has 0 radical (unpaired) electrons. The molecular weight excluding hydrogens is 416 g/mol. The number of hydrogen-bond donors (Lipinski definition) is 4. The molecule has 8 nitrogen and oxygen atoms in total. The number of carbonyl (C=O) groups excluding carboxylic acids is 3. The van der Waals surface area contributed by atoms with Gasteiger partial charge in [0.1, 0.15) is 17.4 Å². The maximum atomic E-state index is 12.5. The second-order valence-electron chi connectivity index (χ2n) is 7.35. The van der Waals surface area contributed by atoms with Gasteiger partial charge in [0.2, 0.25) is 5.79 Å². The molecule has 168 valence electrons. The number of aliphatic hydroxyl groups is 3. The quantitative estimate of drug-likeness (QED) is 0.190. The molecule has 0 amide bonds. The number of benzene rings is 2. The van der Waals surface area contributed by atoms with Crippen LogP contribution < -0.4 is 4.74 Å². The number of carbonyl (C=O) groups is 3. The Balaban J connectivity index is 2.31. The van der Waals surface area contributed by atoms with Crippen molar-refractivity contribution < 1.29 is 39.5 Å². The van der Waals surface area contributed by atoms with Gasteiger partial charge >= 0.3 is 0 Å². The van der Waals surface area contributed by atoms with E-state index in [4.69, 9.17) is 4.74 Å². The molecule has 2 aromatic carbocycles. The molecule has 0 bridgehead atoms. The molecule has 4 N–H and O–H groups in total. The van der Waals surface area contributed by atoms with Crippen molar-refractivity contribution in [3.05, 3.63) is 84.0 Å². The first-order chi connectivity index (χ1) is 14.9. The van der Waals surface area contributed by atoms with Crippen molar-refractivity contribution >= 4 is 17.3 Å². The summed E-state index contributed by atoms with van der Waals surface area (Å²) in [4.78, 5) is 37.3. The van der Waals surface area contributed by atoms with E-state index in [-0.39, 0.29) is 22.5 Å². The number of aromatic hydroxyl groups is 1. The van der Waals surface area contributed by atoms with Crippen LogP contribution >= 0.6 is 0 Å². The fraction of sp³-hybridized carbons (Fsp3) is 0.208. The lowest BCUT2D eigenvalue weighted by Gasteiger charge is -2.33. The van der Waals surface area contributed by atoms with E-state index < -0.39 is 41.1 Å². The smallest absolute Gasteiger partial charge is 0.253 e. The van der Waals surface area contributed by atoms with Gasteiger partial charge in [-0.05, 0) is 37.1 Å². The van der Waals surface area contributed by atoms with Gasteiger partial charge in [0, 0.05) is 11.6 Å². The van der Waals surface area contributed by atoms with E-state index >= 15 is 0 Å². The van der Waals surface area contributed by atoms with Crippen LogP contribution in [0.15, 0.2) is 72.8 Å². The van der Waals surface area contributed by atoms with Crippen LogP contribution in [0.1, 0.15) is 29.8 Å². The van der Waals surface area contributed by atoms with Gasteiger partial charge in [0.15, 0.2) is 17.3 Å². The third-order valence-electron chi connectivity index (χ3n) is 4.65. The first kappa shape index (κ1) is 24.7. The maximum Gasteiger partial charge on any atom is 0.253 e. The lowest BCUT2D eigenvalue weighted by atomic mass is 9.84. The lowest BCUT2D eigenvalue weighted by Crippen LogP contribution is -2.57. The minimum absolute atomic E-state index is 0.0508. The molecule has 2 aromatic rings. The Labute approximate surface area is 184 Å². The van der Waals surface area contributed by atoms with Crippen molar-refractivity contribution in [3.63, 3.8) is 0 Å². The van der Waals surface area contributed by atoms with E-state index in [1.165, 1.54) is 26.0 Å². The zero-order valence-electron chi connectivity index (χ0n) is 17.6. The first-order valence-electron chi connectivity index (χ1n) is 9.49. The number of phenols is 1. The van der Waals surface area contributed by atoms with Gasteiger partial charge in [-0.15, -0.1) is 0 Å². The third-order valence-corrected chi connectivity index (χ3v) is 4.65. The average molecular weight is 440 g/mol. The highest BCUT2D eigenvalue weighted by molar-refractivity contribution is 6.15. The molecule has 0 fully saturated rings. The van der Waals surface area contributed by atoms with Crippen LogP contribution in [0.25, 0.3) is 0 Å². The summed E-state index contributed by atoms with van der Waals surface area (Å²) in [5.74, 6) is -8.73. The molecule has 0 saturated carbocycles. The Hall–Kier alpha value is -3.59. The molecule has 1 unspecified atom stereocenters. The van der Waals surface area contributed by atoms with Crippen LogP contribution in [-0.2, 0) is 9.59 Å². The molecule has 0 aliphatic rings. The summed E-state index contributed by atoms with van der Waals surface area (Å²) >= 11 is 0. The van der Waals surface area contributed by atoms with Crippen molar-refractivity contribution in [1.29, 1.82) is 0 Å². The molecule has 0 aromatic heterocycles. The van der Waals surface area contributed by atoms with E-state index in [1.807, 2.05) is 0 Å². The summed E-state index contributed by atoms with van der Waals surface area (Å²) in [6.07, 6.45) is -2.48. The van der Waals surface area contributed by atoms with Gasteiger partial charge in [0.05, 0.1) is 5.56 Å². The summed E-state index contributed by atoms with van der Waals surface area (Å²) in [5.41, 5.74) is -0.0119. The van der Waals surface area contributed by atoms with E-state index in [9.17, 15) is 34.8 Å². The van der Waals surface area contributed by atoms with Gasteiger partial charge in [-0.2, -0.15) is 0 Å². The molecule has 0 aliphatic carbocycles. The lowest BCUT2D eigenvalue weighted by molar-refractivity contribution is -0.293. The van der Waals surface area contributed by atoms with Crippen LogP contribution in [0, 0.1) is 5.92 Å². The van der Waals surface area contributed by atoms with Gasteiger partial charge < -0.3 is 25.2 Å². The highest BCUT2D eigenvalue weighted by Gasteiger charge is 2.51. The Morgan fingerprint density at radius 2 is 1.47 bits per heavy atom. The average Bonchev–Trinajstić information content (AvgIpc) is 2.73. The predicted octanol–water partition coefficient (Wildman–Crippen LogP) is 1.91. The van der Waals surface area contributed by atoms with Crippen LogP contribution in [0.4, 0.5) is 0 Å². The van der Waals surface area contributed by atoms with Crippen molar-refractivity contribution in [2.75, 3.05) is 0 Å². The van der Waals surface area contributed by atoms with Crippen LogP contribution in [0.5, 0.6) is 11.5 Å². The van der Waals surface area contributed by atoms with Gasteiger partial charge in [-0.3, -0.25) is 14.4 Å². The maximum absolute atomic E-state index is 12.5. The number of Topliss-reactive ketones (excluding diaryl/α,β-unsaturated/α-hetero) is 2. The number of hydrogen-bond acceptors (Lipinski definition) is 8. The predicted molar refractivity (Wildman–Crippen MR) is 115 cm³/mol. The number of rotatable bonds is 10. The molecule has 0 saturated heterocycles. The van der Waals surface area contributed by atoms with E-state index in [0.29, 0.717) is 5.56 Å². The van der Waals surface area contributed by atoms with Crippen molar-refractivity contribution in [1.82, 2.24) is 0 Å². The van der Waals surface area contributed by atoms with Crippen molar-refractivity contribution in [2.45, 2.75) is 25.9 Å². The van der Waals surface area contributed by atoms with Crippen LogP contribution in [0.3, 0.4) is 0 Å². The largest absolute Gasteiger partial charge is 0.507 e. The normalized spacial score (nSPS) is 12.2. The minimum Gasteiger partial charge on any atom is -0.507 e. The Morgan fingerprint density at radius 3 is 1.94 bits per heavy atom. The fourth-order valence-electron chi connectivity index (χ4n) is 2.88. The number of allylic oxidation sites excluding steroid dienone is 2. The molecular formula is C24H24O8. The molecule has 0 heterocycles. The SMILES string of the molecule is C=C(C)C(=O)C(C(=O)C(=C)C)C(O)(O)C(O)Oc1ccc(C(=O)c2ccccc2)c(O)c1. The number of ether oxygens (including phenoxy) is 1. The van der Waals surface area contributed by atoms with Crippen molar-refractivity contribution in [3.8, 4) is 11.5 Å². The Kier molecular flexibility index (Phi) is 7.48. The number of phenolic OH excluding ortho intramolecular Hbond substituents is 1. The second-order valence-corrected chi connectivity index (χ2v) is 7.35. The second kappa shape index (κ2) is 9.69. The molecule has 8 heteroatoms. The van der Waals surface area contributed by atoms with Crippen LogP contribution in [0.2, 0.25) is 0 Å². The molecule has 1 atom stereocenters. The Morgan fingerprint density at radius 1 is 0.938 bits per heavy atom. The van der Waals surface area contributed by atoms with Gasteiger partial charge in [-0.1, -0.05) is 43.5 Å². The number of aliphatic hydroxyl groups excluding tert-OH is 1. The highest BCUT2D eigenvalue weighted by Crippen LogP contribution is 2.30. The summed E-state index contributed by atoms with van der Waals surface area (Å²) < 4.78 is 5.06. The van der Waals surface area contributed by atoms with E-state index in [2.05, 4.69) is 13.2 Å². The summed E-state index contributed by atoms with van der Waals surface area (Å²) in [5, 5.41) is 41.4. The van der Waals surface area contributed by atoms with Gasteiger partial charge in [-0.25, -0.2) is 0 Å². The summed E-state index contributed by atoms with van der Waals surface area (Å²) in [7, 11) is 0. The Bertz CT molecular complexity index is 1040. The standard InChI is InChI=1S/C24H24O8/c1-13(2)20(26)19(21(27)14(3)4)24(30,31)23(29)32-16-10-11-17(18(25)12-16)22(28)15-8-6-5-7-9-15/h5-12,19,23,25,29-31H,1,3H2,2,4H3.